The van der Waals surface area contributed by atoms with E-state index < -0.39 is 0 Å². The number of halogens is 2. The van der Waals surface area contributed by atoms with Gasteiger partial charge >= 0.3 is 0 Å². The van der Waals surface area contributed by atoms with Crippen molar-refractivity contribution in [1.29, 1.82) is 0 Å². The van der Waals surface area contributed by atoms with Gasteiger partial charge in [-0.2, -0.15) is 0 Å². The van der Waals surface area contributed by atoms with E-state index in [1.807, 2.05) is 0 Å². The molecule has 0 nitrogen and oxygen atoms in total. The maximum absolute atomic E-state index is 3.64. The van der Waals surface area contributed by atoms with Gasteiger partial charge in [0.1, 0.15) is 0 Å². The fraction of sp³-hybridized carbons (Fsp3) is 0.0909. The molecule has 0 aliphatic heterocycles. The lowest BCUT2D eigenvalue weighted by Crippen LogP contribution is -2.40. The predicted molar refractivity (Wildman–Crippen MR) is 106 cm³/mol. The molecular formula is C22H14Br2. The Hall–Kier alpha value is -1.64. The van der Waals surface area contributed by atoms with Crippen LogP contribution in [0.2, 0.25) is 0 Å². The topological polar surface area (TPSA) is 0 Å². The average Bonchev–Trinajstić information content (AvgIpc) is 2.62. The van der Waals surface area contributed by atoms with E-state index in [9.17, 15) is 0 Å². The Balaban J connectivity index is 2.02. The standard InChI is InChI=1S/C22H14Br2/c23-20(24)13-22-17-10-4-1-7-14(17)21(15-8-2-5-11-18(15)22)16-9-3-6-12-19(16)22/h1-13,21H. The molecule has 3 aliphatic carbocycles. The molecule has 0 fully saturated rings. The number of allylic oxidation sites excluding steroid dienone is 1. The molecule has 0 saturated heterocycles. The van der Waals surface area contributed by atoms with Gasteiger partial charge in [0.25, 0.3) is 0 Å². The molecule has 2 heteroatoms. The average molecular weight is 438 g/mol. The Morgan fingerprint density at radius 3 is 1.42 bits per heavy atom. The van der Waals surface area contributed by atoms with Crippen molar-refractivity contribution < 1.29 is 0 Å². The van der Waals surface area contributed by atoms with Gasteiger partial charge < -0.3 is 0 Å². The molecule has 2 bridgehead atoms. The second-order valence-corrected chi connectivity index (χ2v) is 9.21. The summed E-state index contributed by atoms with van der Waals surface area (Å²) >= 11 is 7.27. The largest absolute Gasteiger partial charge is 0.0660 e. The van der Waals surface area contributed by atoms with Gasteiger partial charge in [-0.05, 0) is 71.3 Å². The van der Waals surface area contributed by atoms with Gasteiger partial charge in [-0.15, -0.1) is 0 Å². The zero-order valence-corrected chi connectivity index (χ0v) is 16.0. The van der Waals surface area contributed by atoms with Crippen molar-refractivity contribution in [1.82, 2.24) is 0 Å². The van der Waals surface area contributed by atoms with E-state index in [0.717, 1.165) is 3.39 Å². The molecule has 0 aromatic heterocycles. The predicted octanol–water partition coefficient (Wildman–Crippen LogP) is 6.46. The van der Waals surface area contributed by atoms with E-state index in [-0.39, 0.29) is 5.41 Å². The quantitative estimate of drug-likeness (QED) is 0.409. The van der Waals surface area contributed by atoms with Gasteiger partial charge in [-0.3, -0.25) is 0 Å². The molecule has 0 spiro atoms. The first-order chi connectivity index (χ1) is 11.7. The van der Waals surface area contributed by atoms with Crippen LogP contribution in [0.25, 0.3) is 0 Å². The summed E-state index contributed by atoms with van der Waals surface area (Å²) in [6.45, 7) is 0. The van der Waals surface area contributed by atoms with Gasteiger partial charge in [-0.25, -0.2) is 0 Å². The van der Waals surface area contributed by atoms with Gasteiger partial charge in [0.05, 0.1) is 8.81 Å². The van der Waals surface area contributed by atoms with Crippen molar-refractivity contribution in [3.63, 3.8) is 0 Å². The van der Waals surface area contributed by atoms with E-state index in [4.69, 9.17) is 0 Å². The molecule has 0 radical (unpaired) electrons. The van der Waals surface area contributed by atoms with Crippen LogP contribution in [0.15, 0.2) is 82.3 Å². The molecule has 3 aromatic rings. The van der Waals surface area contributed by atoms with E-state index >= 15 is 0 Å². The molecule has 6 rings (SSSR count). The first-order valence-electron chi connectivity index (χ1n) is 8.05. The van der Waals surface area contributed by atoms with Crippen LogP contribution in [0.5, 0.6) is 0 Å². The third-order valence-electron chi connectivity index (χ3n) is 5.42. The summed E-state index contributed by atoms with van der Waals surface area (Å²) in [5.41, 5.74) is 8.20. The first-order valence-corrected chi connectivity index (χ1v) is 9.64. The first kappa shape index (κ1) is 14.7. The second kappa shape index (κ2) is 5.18. The fourth-order valence-electron chi connectivity index (χ4n) is 4.66. The molecule has 116 valence electrons. The molecule has 0 N–H and O–H groups in total. The maximum atomic E-state index is 3.64. The molecule has 0 amide bonds. The molecule has 0 heterocycles. The summed E-state index contributed by atoms with van der Waals surface area (Å²) in [6.07, 6.45) is 2.30. The number of rotatable bonds is 1. The highest BCUT2D eigenvalue weighted by atomic mass is 79.9. The maximum Gasteiger partial charge on any atom is 0.0660 e. The van der Waals surface area contributed by atoms with Crippen molar-refractivity contribution in [2.75, 3.05) is 0 Å². The highest BCUT2D eigenvalue weighted by Crippen LogP contribution is 2.60. The van der Waals surface area contributed by atoms with Crippen LogP contribution in [0.3, 0.4) is 0 Å². The lowest BCUT2D eigenvalue weighted by molar-refractivity contribution is 0.649. The molecular weight excluding hydrogens is 424 g/mol. The Bertz CT molecular complexity index is 880. The summed E-state index contributed by atoms with van der Waals surface area (Å²) in [6, 6.07) is 26.7. The van der Waals surface area contributed by atoms with Crippen LogP contribution in [-0.2, 0) is 5.41 Å². The van der Waals surface area contributed by atoms with Crippen molar-refractivity contribution in [3.05, 3.63) is 116 Å². The Kier molecular flexibility index (Phi) is 3.17. The van der Waals surface area contributed by atoms with Crippen LogP contribution >= 0.6 is 31.9 Å². The van der Waals surface area contributed by atoms with Crippen LogP contribution in [-0.4, -0.2) is 0 Å². The number of benzene rings is 3. The smallest absolute Gasteiger partial charge is 0.0619 e. The molecule has 0 saturated carbocycles. The third kappa shape index (κ3) is 1.73. The number of hydrogen-bond donors (Lipinski definition) is 0. The van der Waals surface area contributed by atoms with E-state index in [2.05, 4.69) is 111 Å². The monoisotopic (exact) mass is 436 g/mol. The SMILES string of the molecule is BrC(Br)=CC12c3ccccc3C(c3ccccc31)c1ccccc12. The summed E-state index contributed by atoms with van der Waals surface area (Å²) in [5.74, 6) is 0.331. The van der Waals surface area contributed by atoms with Crippen LogP contribution < -0.4 is 0 Å². The van der Waals surface area contributed by atoms with Gasteiger partial charge in [0.2, 0.25) is 0 Å². The lowest BCUT2D eigenvalue weighted by atomic mass is 9.53. The zero-order valence-electron chi connectivity index (χ0n) is 12.8. The summed E-state index contributed by atoms with van der Waals surface area (Å²) in [4.78, 5) is 0. The zero-order chi connectivity index (χ0) is 16.3. The Morgan fingerprint density at radius 1 is 0.667 bits per heavy atom. The summed E-state index contributed by atoms with van der Waals surface area (Å²) < 4.78 is 0.981. The minimum atomic E-state index is -0.249. The van der Waals surface area contributed by atoms with Crippen molar-refractivity contribution in [2.45, 2.75) is 11.3 Å². The Morgan fingerprint density at radius 2 is 1.04 bits per heavy atom. The van der Waals surface area contributed by atoms with Gasteiger partial charge in [-0.1, -0.05) is 72.8 Å². The van der Waals surface area contributed by atoms with Crippen molar-refractivity contribution in [3.8, 4) is 0 Å². The van der Waals surface area contributed by atoms with Crippen molar-refractivity contribution >= 4 is 31.9 Å². The second-order valence-electron chi connectivity index (χ2n) is 6.44. The van der Waals surface area contributed by atoms with Crippen LogP contribution in [0.1, 0.15) is 39.3 Å². The molecule has 3 aromatic carbocycles. The van der Waals surface area contributed by atoms with E-state index in [0.29, 0.717) is 5.92 Å². The van der Waals surface area contributed by atoms with Gasteiger partial charge in [0, 0.05) is 5.92 Å². The normalized spacial score (nSPS) is 22.3. The molecule has 0 atom stereocenters. The summed E-state index contributed by atoms with van der Waals surface area (Å²) in [5, 5.41) is 0. The fourth-order valence-corrected chi connectivity index (χ4v) is 5.35. The van der Waals surface area contributed by atoms with Crippen molar-refractivity contribution in [2.24, 2.45) is 0 Å². The molecule has 0 unspecified atom stereocenters. The van der Waals surface area contributed by atoms with Crippen LogP contribution in [0.4, 0.5) is 0 Å². The number of hydrogen-bond acceptors (Lipinski definition) is 0. The van der Waals surface area contributed by atoms with Crippen LogP contribution in [0, 0.1) is 0 Å². The third-order valence-corrected chi connectivity index (χ3v) is 5.87. The highest BCUT2D eigenvalue weighted by Gasteiger charge is 2.50. The minimum absolute atomic E-state index is 0.249. The van der Waals surface area contributed by atoms with E-state index in [1.54, 1.807) is 0 Å². The Labute approximate surface area is 158 Å². The molecule has 3 aliphatic rings. The molecule has 24 heavy (non-hydrogen) atoms. The van der Waals surface area contributed by atoms with Gasteiger partial charge in [0.15, 0.2) is 0 Å². The van der Waals surface area contributed by atoms with E-state index in [1.165, 1.54) is 33.4 Å². The minimum Gasteiger partial charge on any atom is -0.0619 e. The lowest BCUT2D eigenvalue weighted by Gasteiger charge is -2.49. The highest BCUT2D eigenvalue weighted by molar-refractivity contribution is 9.28. The summed E-state index contributed by atoms with van der Waals surface area (Å²) in [7, 11) is 0.